The highest BCUT2D eigenvalue weighted by Crippen LogP contribution is 2.40. The average molecular weight is 548 g/mol. The molecule has 188 valence electrons. The normalized spacial score (nSPS) is 12.9. The Bertz CT molecular complexity index is 1410. The lowest BCUT2D eigenvalue weighted by molar-refractivity contribution is -0.137. The maximum atomic E-state index is 13.0. The van der Waals surface area contributed by atoms with Gasteiger partial charge in [0.15, 0.2) is 0 Å². The number of para-hydroxylation sites is 1. The smallest absolute Gasteiger partial charge is 0.421 e. The van der Waals surface area contributed by atoms with Crippen LogP contribution in [0.15, 0.2) is 52.0 Å². The van der Waals surface area contributed by atoms with Crippen LogP contribution in [-0.2, 0) is 28.0 Å². The Morgan fingerprint density at radius 2 is 1.89 bits per heavy atom. The third-order valence-electron chi connectivity index (χ3n) is 4.46. The summed E-state index contributed by atoms with van der Waals surface area (Å²) < 4.78 is 72.3. The number of nitrogens with zero attached hydrogens (tertiary/aromatic N) is 2. The number of benzene rings is 1. The maximum absolute atomic E-state index is 13.0. The fraction of sp³-hybridized carbons (Fsp3) is 0.273. The number of halogens is 4. The van der Waals surface area contributed by atoms with E-state index in [4.69, 9.17) is 16.3 Å². The van der Waals surface area contributed by atoms with Gasteiger partial charge in [-0.05, 0) is 50.7 Å². The Morgan fingerprint density at radius 1 is 1.23 bits per heavy atom. The highest BCUT2D eigenvalue weighted by Gasteiger charge is 2.32. The van der Waals surface area contributed by atoms with Crippen molar-refractivity contribution >= 4 is 56.5 Å². The number of pyridine rings is 1. The van der Waals surface area contributed by atoms with Gasteiger partial charge in [0.05, 0.1) is 21.0 Å². The number of carbonyl (C=O) groups is 1. The van der Waals surface area contributed by atoms with Crippen LogP contribution in [0.1, 0.15) is 31.9 Å². The van der Waals surface area contributed by atoms with Gasteiger partial charge in [-0.1, -0.05) is 29.8 Å². The fourth-order valence-corrected chi connectivity index (χ4v) is 4.94. The topological polar surface area (TPSA) is 90.3 Å². The number of ether oxygens (including phenoxy) is 1. The Hall–Kier alpha value is -2.70. The van der Waals surface area contributed by atoms with E-state index >= 15 is 0 Å². The molecule has 2 aromatic heterocycles. The monoisotopic (exact) mass is 547 g/mol. The van der Waals surface area contributed by atoms with Gasteiger partial charge in [-0.15, -0.1) is 0 Å². The first-order valence-electron chi connectivity index (χ1n) is 9.99. The van der Waals surface area contributed by atoms with Crippen molar-refractivity contribution in [3.05, 3.63) is 58.1 Å². The van der Waals surface area contributed by atoms with Gasteiger partial charge in [0, 0.05) is 29.7 Å². The standard InChI is InChI=1S/C22H21ClF3N3O4S2/c1-21(2,3)33-20(30)28-35(31,32)10-9-15-14-7-5-6-8-17(14)29(4)19(15)34-18-16(23)11-13(12-27-18)22(24,25)26/h5-12H,1-4H3,(H,28,30)/b10-9+. The van der Waals surface area contributed by atoms with E-state index in [1.54, 1.807) is 56.7 Å². The van der Waals surface area contributed by atoms with Crippen molar-refractivity contribution in [2.75, 3.05) is 0 Å². The lowest BCUT2D eigenvalue weighted by atomic mass is 10.2. The molecular formula is C22H21ClF3N3O4S2. The molecule has 1 N–H and O–H groups in total. The highest BCUT2D eigenvalue weighted by molar-refractivity contribution is 7.99. The summed E-state index contributed by atoms with van der Waals surface area (Å²) in [5, 5.41) is 1.86. The molecule has 35 heavy (non-hydrogen) atoms. The number of carbonyl (C=O) groups excluding carboxylic acids is 1. The Balaban J connectivity index is 2.00. The van der Waals surface area contributed by atoms with Gasteiger partial charge in [-0.3, -0.25) is 0 Å². The average Bonchev–Trinajstić information content (AvgIpc) is 2.97. The molecule has 3 rings (SSSR count). The van der Waals surface area contributed by atoms with E-state index in [1.165, 1.54) is 6.08 Å². The highest BCUT2D eigenvalue weighted by atomic mass is 35.5. The predicted molar refractivity (Wildman–Crippen MR) is 129 cm³/mol. The van der Waals surface area contributed by atoms with Crippen molar-refractivity contribution in [1.82, 2.24) is 14.3 Å². The van der Waals surface area contributed by atoms with Crippen LogP contribution in [0.25, 0.3) is 17.0 Å². The summed E-state index contributed by atoms with van der Waals surface area (Å²) in [5.74, 6) is 0. The first-order valence-corrected chi connectivity index (χ1v) is 12.7. The molecule has 3 aromatic rings. The van der Waals surface area contributed by atoms with Crippen LogP contribution in [0.3, 0.4) is 0 Å². The number of aromatic nitrogens is 2. The molecule has 0 spiro atoms. The van der Waals surface area contributed by atoms with E-state index in [0.717, 1.165) is 28.8 Å². The van der Waals surface area contributed by atoms with Crippen molar-refractivity contribution in [1.29, 1.82) is 0 Å². The molecular weight excluding hydrogens is 527 g/mol. The van der Waals surface area contributed by atoms with Gasteiger partial charge < -0.3 is 9.30 Å². The number of sulfonamides is 1. The second-order valence-electron chi connectivity index (χ2n) is 8.36. The molecule has 0 atom stereocenters. The third-order valence-corrected chi connectivity index (χ3v) is 7.01. The van der Waals surface area contributed by atoms with Crippen LogP contribution in [0, 0.1) is 0 Å². The molecule has 0 fully saturated rings. The number of hydrogen-bond acceptors (Lipinski definition) is 6. The molecule has 0 bridgehead atoms. The summed E-state index contributed by atoms with van der Waals surface area (Å²) in [5.41, 5.74) is -0.699. The molecule has 0 aliphatic carbocycles. The minimum Gasteiger partial charge on any atom is -0.443 e. The molecule has 1 aromatic carbocycles. The van der Waals surface area contributed by atoms with Crippen molar-refractivity contribution in [3.63, 3.8) is 0 Å². The number of amides is 1. The fourth-order valence-electron chi connectivity index (χ4n) is 3.04. The molecule has 0 saturated heterocycles. The van der Waals surface area contributed by atoms with E-state index in [0.29, 0.717) is 22.2 Å². The second-order valence-corrected chi connectivity index (χ2v) is 11.3. The van der Waals surface area contributed by atoms with Crippen molar-refractivity contribution in [2.45, 2.75) is 42.6 Å². The first-order chi connectivity index (χ1) is 16.1. The predicted octanol–water partition coefficient (Wildman–Crippen LogP) is 6.22. The lowest BCUT2D eigenvalue weighted by Crippen LogP contribution is -2.35. The number of hydrogen-bond donors (Lipinski definition) is 1. The van der Waals surface area contributed by atoms with E-state index in [2.05, 4.69) is 4.98 Å². The van der Waals surface area contributed by atoms with Crippen molar-refractivity contribution in [2.24, 2.45) is 7.05 Å². The summed E-state index contributed by atoms with van der Waals surface area (Å²) >= 11 is 7.06. The summed E-state index contributed by atoms with van der Waals surface area (Å²) in [6, 6.07) is 7.88. The summed E-state index contributed by atoms with van der Waals surface area (Å²) in [6.07, 6.45) is -3.75. The van der Waals surface area contributed by atoms with Crippen molar-refractivity contribution < 1.29 is 31.1 Å². The minimum absolute atomic E-state index is 0.106. The summed E-state index contributed by atoms with van der Waals surface area (Å²) in [4.78, 5) is 15.7. The van der Waals surface area contributed by atoms with Gasteiger partial charge in [0.1, 0.15) is 10.6 Å². The van der Waals surface area contributed by atoms with Gasteiger partial charge in [0.2, 0.25) is 0 Å². The van der Waals surface area contributed by atoms with Gasteiger partial charge in [0.25, 0.3) is 10.0 Å². The van der Waals surface area contributed by atoms with Crippen LogP contribution >= 0.6 is 23.4 Å². The molecule has 0 aliphatic heterocycles. The Morgan fingerprint density at radius 3 is 2.49 bits per heavy atom. The van der Waals surface area contributed by atoms with Crippen LogP contribution in [0.4, 0.5) is 18.0 Å². The zero-order chi connectivity index (χ0) is 26.2. The van der Waals surface area contributed by atoms with E-state index in [1.807, 2.05) is 4.72 Å². The molecule has 2 heterocycles. The zero-order valence-corrected chi connectivity index (χ0v) is 21.4. The van der Waals surface area contributed by atoms with Gasteiger partial charge in [-0.25, -0.2) is 22.9 Å². The molecule has 1 amide bonds. The molecule has 13 heteroatoms. The van der Waals surface area contributed by atoms with E-state index < -0.39 is 33.5 Å². The number of rotatable bonds is 5. The second kappa shape index (κ2) is 9.75. The first kappa shape index (κ1) is 26.9. The SMILES string of the molecule is Cn1c(Sc2ncc(C(F)(F)F)cc2Cl)c(/C=C/S(=O)(=O)NC(=O)OC(C)(C)C)c2ccccc21. The number of nitrogens with one attached hydrogen (secondary N) is 1. The van der Waals surface area contributed by atoms with Crippen LogP contribution in [0.2, 0.25) is 5.02 Å². The van der Waals surface area contributed by atoms with Crippen molar-refractivity contribution in [3.8, 4) is 0 Å². The summed E-state index contributed by atoms with van der Waals surface area (Å²) in [6.45, 7) is 4.78. The number of alkyl halides is 3. The largest absolute Gasteiger partial charge is 0.443 e. The van der Waals surface area contributed by atoms with Gasteiger partial charge >= 0.3 is 12.3 Å². The molecule has 0 radical (unpaired) electrons. The van der Waals surface area contributed by atoms with E-state index in [-0.39, 0.29) is 10.0 Å². The zero-order valence-electron chi connectivity index (χ0n) is 19.0. The lowest BCUT2D eigenvalue weighted by Gasteiger charge is -2.19. The molecule has 0 saturated carbocycles. The number of aryl methyl sites for hydroxylation is 1. The van der Waals surface area contributed by atoms with Crippen LogP contribution < -0.4 is 4.72 Å². The van der Waals surface area contributed by atoms with E-state index in [9.17, 15) is 26.4 Å². The molecule has 0 aliphatic rings. The molecule has 0 unspecified atom stereocenters. The third kappa shape index (κ3) is 6.71. The van der Waals surface area contributed by atoms with Crippen LogP contribution in [-0.4, -0.2) is 29.7 Å². The number of fused-ring (bicyclic) bond motifs is 1. The Kier molecular flexibility index (Phi) is 7.49. The quantitative estimate of drug-likeness (QED) is 0.408. The van der Waals surface area contributed by atoms with Gasteiger partial charge in [-0.2, -0.15) is 13.2 Å². The maximum Gasteiger partial charge on any atom is 0.421 e. The summed E-state index contributed by atoms with van der Waals surface area (Å²) in [7, 11) is -2.51. The molecule has 7 nitrogen and oxygen atoms in total. The Labute approximate surface area is 209 Å². The van der Waals surface area contributed by atoms with Crippen LogP contribution in [0.5, 0.6) is 0 Å². The minimum atomic E-state index is -4.59.